The lowest BCUT2D eigenvalue weighted by Gasteiger charge is -2.31. The number of aliphatic hydroxyl groups is 1. The van der Waals surface area contributed by atoms with E-state index < -0.39 is 5.60 Å². The fourth-order valence-corrected chi connectivity index (χ4v) is 0.787. The van der Waals surface area contributed by atoms with Crippen molar-refractivity contribution < 1.29 is 9.84 Å². The number of hydrogen-bond donors (Lipinski definition) is 1. The Bertz CT molecular complexity index is 181. The Morgan fingerprint density at radius 1 is 1.55 bits per heavy atom. The summed E-state index contributed by atoms with van der Waals surface area (Å²) in [5.41, 5.74) is -0.825. The van der Waals surface area contributed by atoms with Crippen LogP contribution in [0.15, 0.2) is 0 Å². The van der Waals surface area contributed by atoms with Crippen LogP contribution in [0, 0.1) is 17.8 Å². The molecule has 1 aliphatic heterocycles. The van der Waals surface area contributed by atoms with Crippen molar-refractivity contribution in [2.45, 2.75) is 25.9 Å². The fraction of sp³-hybridized carbons (Fsp3) is 0.778. The Labute approximate surface area is 67.6 Å². The van der Waals surface area contributed by atoms with Gasteiger partial charge in [0.25, 0.3) is 0 Å². The van der Waals surface area contributed by atoms with Gasteiger partial charge in [-0.25, -0.2) is 0 Å². The van der Waals surface area contributed by atoms with Crippen molar-refractivity contribution in [3.63, 3.8) is 0 Å². The lowest BCUT2D eigenvalue weighted by molar-refractivity contribution is -0.140. The van der Waals surface area contributed by atoms with E-state index in [1.165, 1.54) is 0 Å². The van der Waals surface area contributed by atoms with Gasteiger partial charge in [0.15, 0.2) is 5.60 Å². The van der Waals surface area contributed by atoms with E-state index in [4.69, 9.17) is 4.74 Å². The average Bonchev–Trinajstić information content (AvgIpc) is 1.83. The summed E-state index contributed by atoms with van der Waals surface area (Å²) in [6.07, 6.45) is 0.850. The quantitative estimate of drug-likeness (QED) is 0.566. The molecule has 1 aliphatic rings. The molecule has 1 fully saturated rings. The third-order valence-corrected chi connectivity index (χ3v) is 1.51. The van der Waals surface area contributed by atoms with Crippen LogP contribution in [0.3, 0.4) is 0 Å². The molecule has 0 spiro atoms. The Kier molecular flexibility index (Phi) is 2.53. The Morgan fingerprint density at radius 2 is 2.18 bits per heavy atom. The summed E-state index contributed by atoms with van der Waals surface area (Å²) in [5.74, 6) is 6.33. The molecular weight excluding hydrogens is 140 g/mol. The molecule has 2 nitrogen and oxygen atoms in total. The lowest BCUT2D eigenvalue weighted by atomic mass is 10.0. The van der Waals surface area contributed by atoms with E-state index in [-0.39, 0.29) is 0 Å². The molecule has 1 saturated heterocycles. The first-order valence-electron chi connectivity index (χ1n) is 3.92. The van der Waals surface area contributed by atoms with Gasteiger partial charge in [0.05, 0.1) is 13.2 Å². The summed E-state index contributed by atoms with van der Waals surface area (Å²) in [6.45, 7) is 4.96. The zero-order valence-corrected chi connectivity index (χ0v) is 7.05. The maximum Gasteiger partial charge on any atom is 0.171 e. The number of hydrogen-bond acceptors (Lipinski definition) is 2. The molecule has 11 heavy (non-hydrogen) atoms. The average molecular weight is 154 g/mol. The molecule has 0 amide bonds. The van der Waals surface area contributed by atoms with E-state index in [1.54, 1.807) is 0 Å². The smallest absolute Gasteiger partial charge is 0.171 e. The molecule has 0 aromatic carbocycles. The molecule has 0 saturated carbocycles. The summed E-state index contributed by atoms with van der Waals surface area (Å²) in [6, 6.07) is 0. The maximum absolute atomic E-state index is 9.42. The van der Waals surface area contributed by atoms with Gasteiger partial charge in [0.1, 0.15) is 0 Å². The molecule has 62 valence electrons. The minimum absolute atomic E-state index is 0.373. The molecule has 1 N–H and O–H groups in total. The Hall–Kier alpha value is -0.520. The first kappa shape index (κ1) is 8.58. The lowest BCUT2D eigenvalue weighted by Crippen LogP contribution is -2.48. The predicted octanol–water partition coefficient (Wildman–Crippen LogP) is 0.797. The topological polar surface area (TPSA) is 29.5 Å². The highest BCUT2D eigenvalue weighted by molar-refractivity contribution is 5.17. The van der Waals surface area contributed by atoms with Crippen LogP contribution in [-0.2, 0) is 4.74 Å². The molecule has 0 aliphatic carbocycles. The van der Waals surface area contributed by atoms with Crippen molar-refractivity contribution in [2.24, 2.45) is 5.92 Å². The molecule has 0 unspecified atom stereocenters. The van der Waals surface area contributed by atoms with Crippen LogP contribution in [-0.4, -0.2) is 23.9 Å². The van der Waals surface area contributed by atoms with E-state index in [0.717, 1.165) is 6.42 Å². The zero-order chi connectivity index (χ0) is 8.32. The molecule has 0 bridgehead atoms. The summed E-state index contributed by atoms with van der Waals surface area (Å²) >= 11 is 0. The summed E-state index contributed by atoms with van der Waals surface area (Å²) < 4.78 is 4.84. The van der Waals surface area contributed by atoms with Crippen molar-refractivity contribution in [1.82, 2.24) is 0 Å². The highest BCUT2D eigenvalue weighted by atomic mass is 16.5. The minimum Gasteiger partial charge on any atom is -0.373 e. The van der Waals surface area contributed by atoms with Gasteiger partial charge in [0.2, 0.25) is 0 Å². The van der Waals surface area contributed by atoms with Crippen molar-refractivity contribution >= 4 is 0 Å². The van der Waals surface area contributed by atoms with Gasteiger partial charge in [-0.05, 0) is 5.92 Å². The van der Waals surface area contributed by atoms with E-state index >= 15 is 0 Å². The second-order valence-electron chi connectivity index (χ2n) is 3.42. The molecule has 1 heterocycles. The Morgan fingerprint density at radius 3 is 2.55 bits per heavy atom. The van der Waals surface area contributed by atoms with Crippen LogP contribution in [0.25, 0.3) is 0 Å². The van der Waals surface area contributed by atoms with Crippen molar-refractivity contribution in [3.8, 4) is 11.8 Å². The van der Waals surface area contributed by atoms with E-state index in [9.17, 15) is 5.11 Å². The van der Waals surface area contributed by atoms with Gasteiger partial charge in [0, 0.05) is 6.42 Å². The zero-order valence-electron chi connectivity index (χ0n) is 7.05. The summed E-state index contributed by atoms with van der Waals surface area (Å²) in [7, 11) is 0. The first-order chi connectivity index (χ1) is 5.12. The molecule has 0 radical (unpaired) electrons. The van der Waals surface area contributed by atoms with Gasteiger partial charge in [-0.15, -0.1) is 0 Å². The molecular formula is C9H14O2. The van der Waals surface area contributed by atoms with Crippen LogP contribution in [0.5, 0.6) is 0 Å². The van der Waals surface area contributed by atoms with Crippen LogP contribution >= 0.6 is 0 Å². The second-order valence-corrected chi connectivity index (χ2v) is 3.42. The van der Waals surface area contributed by atoms with Crippen molar-refractivity contribution in [1.29, 1.82) is 0 Å². The fourth-order valence-electron chi connectivity index (χ4n) is 0.787. The Balaban J connectivity index is 2.31. The van der Waals surface area contributed by atoms with Crippen LogP contribution in [0.2, 0.25) is 0 Å². The van der Waals surface area contributed by atoms with Crippen LogP contribution in [0.4, 0.5) is 0 Å². The largest absolute Gasteiger partial charge is 0.373 e. The number of ether oxygens (including phenoxy) is 1. The third-order valence-electron chi connectivity index (χ3n) is 1.51. The molecule has 0 aromatic rings. The maximum atomic E-state index is 9.42. The third kappa shape index (κ3) is 2.53. The van der Waals surface area contributed by atoms with Crippen LogP contribution in [0.1, 0.15) is 20.3 Å². The van der Waals surface area contributed by atoms with Crippen LogP contribution < -0.4 is 0 Å². The first-order valence-corrected chi connectivity index (χ1v) is 3.92. The monoisotopic (exact) mass is 154 g/mol. The highest BCUT2D eigenvalue weighted by Gasteiger charge is 2.33. The molecule has 2 heteroatoms. The SMILES string of the molecule is CC(C)CC#CC1(O)COC1. The highest BCUT2D eigenvalue weighted by Crippen LogP contribution is 2.14. The number of rotatable bonds is 1. The predicted molar refractivity (Wildman–Crippen MR) is 43.0 cm³/mol. The normalized spacial score (nSPS) is 20.4. The van der Waals surface area contributed by atoms with Crippen molar-refractivity contribution in [2.75, 3.05) is 13.2 Å². The summed E-state index contributed by atoms with van der Waals surface area (Å²) in [5, 5.41) is 9.42. The van der Waals surface area contributed by atoms with Gasteiger partial charge >= 0.3 is 0 Å². The molecule has 1 rings (SSSR count). The van der Waals surface area contributed by atoms with Gasteiger partial charge < -0.3 is 9.84 Å². The minimum atomic E-state index is -0.825. The summed E-state index contributed by atoms with van der Waals surface area (Å²) in [4.78, 5) is 0. The molecule has 0 aromatic heterocycles. The van der Waals surface area contributed by atoms with E-state index in [1.807, 2.05) is 0 Å². The van der Waals surface area contributed by atoms with Gasteiger partial charge in [-0.3, -0.25) is 0 Å². The van der Waals surface area contributed by atoms with Crippen molar-refractivity contribution in [3.05, 3.63) is 0 Å². The standard InChI is InChI=1S/C9H14O2/c1-8(2)4-3-5-9(10)6-11-7-9/h8,10H,4,6-7H2,1-2H3. The van der Waals surface area contributed by atoms with Gasteiger partial charge in [-0.2, -0.15) is 0 Å². The molecule has 0 atom stereocenters. The van der Waals surface area contributed by atoms with Gasteiger partial charge in [-0.1, -0.05) is 25.7 Å². The second kappa shape index (κ2) is 3.25. The van der Waals surface area contributed by atoms with E-state index in [2.05, 4.69) is 25.7 Å². The van der Waals surface area contributed by atoms with E-state index in [0.29, 0.717) is 19.1 Å².